The number of amides is 1. The van der Waals surface area contributed by atoms with Crippen LogP contribution in [-0.2, 0) is 17.9 Å². The number of carbonyl (C=O) groups is 1. The Morgan fingerprint density at radius 2 is 1.78 bits per heavy atom. The normalized spacial score (nSPS) is 16.9. The van der Waals surface area contributed by atoms with Gasteiger partial charge in [0.25, 0.3) is 0 Å². The molecule has 0 unspecified atom stereocenters. The Balaban J connectivity index is 1.97. The van der Waals surface area contributed by atoms with E-state index in [1.54, 1.807) is 0 Å². The molecule has 1 aromatic rings. The molecular weight excluding hydrogens is 284 g/mol. The monoisotopic (exact) mass is 314 g/mol. The molecule has 3 nitrogen and oxygen atoms in total. The van der Waals surface area contributed by atoms with E-state index in [9.17, 15) is 4.79 Å². The van der Waals surface area contributed by atoms with Gasteiger partial charge in [-0.3, -0.25) is 9.69 Å². The molecule has 0 radical (unpaired) electrons. The maximum Gasteiger partial charge on any atom is 0.246 e. The number of benzene rings is 1. The van der Waals surface area contributed by atoms with Gasteiger partial charge in [0.2, 0.25) is 5.91 Å². The largest absolute Gasteiger partial charge is 0.348 e. The molecule has 1 saturated heterocycles. The van der Waals surface area contributed by atoms with Crippen molar-refractivity contribution < 1.29 is 4.79 Å². The summed E-state index contributed by atoms with van der Waals surface area (Å²) in [5, 5.41) is 3.05. The Hall–Kier alpha value is -1.61. The Kier molecular flexibility index (Phi) is 7.34. The van der Waals surface area contributed by atoms with Crippen LogP contribution in [-0.4, -0.2) is 23.9 Å². The van der Waals surface area contributed by atoms with Crippen molar-refractivity contribution in [2.24, 2.45) is 0 Å². The van der Waals surface area contributed by atoms with Gasteiger partial charge in [0.05, 0.1) is 0 Å². The van der Waals surface area contributed by atoms with Crippen molar-refractivity contribution in [3.05, 3.63) is 47.0 Å². The van der Waals surface area contributed by atoms with E-state index in [0.717, 1.165) is 18.5 Å². The minimum Gasteiger partial charge on any atom is -0.348 e. The third-order valence-corrected chi connectivity index (χ3v) is 4.52. The molecule has 2 rings (SSSR count). The van der Waals surface area contributed by atoms with Crippen molar-refractivity contribution in [1.29, 1.82) is 0 Å². The topological polar surface area (TPSA) is 32.3 Å². The van der Waals surface area contributed by atoms with E-state index in [1.807, 2.05) is 19.9 Å². The first-order chi connectivity index (χ1) is 11.2. The van der Waals surface area contributed by atoms with Gasteiger partial charge in [0.15, 0.2) is 0 Å². The minimum atomic E-state index is 0.0384. The lowest BCUT2D eigenvalue weighted by Gasteiger charge is -2.21. The number of rotatable bonds is 6. The fraction of sp³-hybridized carbons (Fsp3) is 0.550. The van der Waals surface area contributed by atoms with Crippen molar-refractivity contribution in [2.75, 3.05) is 13.1 Å². The van der Waals surface area contributed by atoms with Gasteiger partial charge in [-0.15, -0.1) is 0 Å². The van der Waals surface area contributed by atoms with Gasteiger partial charge in [0, 0.05) is 18.7 Å². The molecule has 126 valence electrons. The molecule has 23 heavy (non-hydrogen) atoms. The zero-order chi connectivity index (χ0) is 16.5. The predicted octanol–water partition coefficient (Wildman–Crippen LogP) is 4.04. The average molecular weight is 314 g/mol. The van der Waals surface area contributed by atoms with Crippen LogP contribution in [0.2, 0.25) is 0 Å². The quantitative estimate of drug-likeness (QED) is 0.804. The maximum atomic E-state index is 12.1. The van der Waals surface area contributed by atoms with Crippen molar-refractivity contribution in [3.8, 4) is 0 Å². The maximum absolute atomic E-state index is 12.1. The van der Waals surface area contributed by atoms with E-state index in [1.165, 1.54) is 49.9 Å². The summed E-state index contributed by atoms with van der Waals surface area (Å²) < 4.78 is 0. The lowest BCUT2D eigenvalue weighted by atomic mass is 10.1. The first-order valence-electron chi connectivity index (χ1n) is 8.94. The molecular formula is C20H30N2O. The van der Waals surface area contributed by atoms with Gasteiger partial charge in [-0.2, -0.15) is 0 Å². The Labute approximate surface area is 140 Å². The van der Waals surface area contributed by atoms with E-state index in [-0.39, 0.29) is 5.91 Å². The highest BCUT2D eigenvalue weighted by Gasteiger charge is 2.12. The van der Waals surface area contributed by atoms with Crippen LogP contribution in [0.3, 0.4) is 0 Å². The van der Waals surface area contributed by atoms with E-state index in [0.29, 0.717) is 6.54 Å². The molecule has 0 saturated carbocycles. The highest BCUT2D eigenvalue weighted by Crippen LogP contribution is 2.16. The zero-order valence-electron chi connectivity index (χ0n) is 14.6. The van der Waals surface area contributed by atoms with Crippen LogP contribution in [0, 0.1) is 0 Å². The number of nitrogens with zero attached hydrogens (tertiary/aromatic N) is 1. The van der Waals surface area contributed by atoms with Crippen LogP contribution >= 0.6 is 0 Å². The molecule has 0 aliphatic carbocycles. The molecule has 3 heteroatoms. The lowest BCUT2D eigenvalue weighted by Crippen LogP contribution is -2.27. The highest BCUT2D eigenvalue weighted by atomic mass is 16.1. The van der Waals surface area contributed by atoms with E-state index >= 15 is 0 Å². The van der Waals surface area contributed by atoms with Crippen molar-refractivity contribution >= 4 is 5.91 Å². The Morgan fingerprint density at radius 3 is 2.43 bits per heavy atom. The van der Waals surface area contributed by atoms with Crippen LogP contribution in [0.25, 0.3) is 0 Å². The molecule has 0 atom stereocenters. The van der Waals surface area contributed by atoms with Crippen LogP contribution in [0.4, 0.5) is 0 Å². The van der Waals surface area contributed by atoms with Crippen LogP contribution < -0.4 is 5.32 Å². The smallest absolute Gasteiger partial charge is 0.246 e. The number of hydrogen-bond acceptors (Lipinski definition) is 2. The molecule has 0 spiro atoms. The predicted molar refractivity (Wildman–Crippen MR) is 96.1 cm³/mol. The third-order valence-electron chi connectivity index (χ3n) is 4.52. The van der Waals surface area contributed by atoms with Crippen LogP contribution in [0.5, 0.6) is 0 Å². The molecule has 1 aliphatic heterocycles. The van der Waals surface area contributed by atoms with Crippen LogP contribution in [0.15, 0.2) is 35.9 Å². The van der Waals surface area contributed by atoms with Gasteiger partial charge in [-0.25, -0.2) is 0 Å². The van der Waals surface area contributed by atoms with Gasteiger partial charge in [0.1, 0.15) is 0 Å². The van der Waals surface area contributed by atoms with Crippen molar-refractivity contribution in [1.82, 2.24) is 10.2 Å². The number of likely N-dealkylation sites (tertiary alicyclic amines) is 1. The number of allylic oxidation sites excluding steroid dienone is 1. The standard InChI is InChI=1S/C20H30N2O/c1-3-10-17(2)20(23)21-15-18-11-6-7-12-19(18)16-22-13-8-4-5-9-14-22/h6-7,10-12H,3-5,8-9,13-16H2,1-2H3,(H,21,23). The van der Waals surface area contributed by atoms with Gasteiger partial charge in [-0.05, 0) is 50.4 Å². The van der Waals surface area contributed by atoms with Crippen molar-refractivity contribution in [2.45, 2.75) is 59.0 Å². The van der Waals surface area contributed by atoms with Gasteiger partial charge in [-0.1, -0.05) is 50.1 Å². The van der Waals surface area contributed by atoms with Gasteiger partial charge < -0.3 is 5.32 Å². The fourth-order valence-corrected chi connectivity index (χ4v) is 3.13. The van der Waals surface area contributed by atoms with Crippen LogP contribution in [0.1, 0.15) is 57.1 Å². The van der Waals surface area contributed by atoms with E-state index < -0.39 is 0 Å². The zero-order valence-corrected chi connectivity index (χ0v) is 14.6. The molecule has 1 heterocycles. The first-order valence-corrected chi connectivity index (χ1v) is 8.94. The number of carbonyl (C=O) groups excluding carboxylic acids is 1. The van der Waals surface area contributed by atoms with E-state index in [2.05, 4.69) is 34.5 Å². The summed E-state index contributed by atoms with van der Waals surface area (Å²) in [6, 6.07) is 8.48. The summed E-state index contributed by atoms with van der Waals surface area (Å²) in [6.45, 7) is 7.92. The fourth-order valence-electron chi connectivity index (χ4n) is 3.13. The molecule has 1 aliphatic rings. The minimum absolute atomic E-state index is 0.0384. The average Bonchev–Trinajstić information content (AvgIpc) is 2.82. The second-order valence-electron chi connectivity index (χ2n) is 6.44. The summed E-state index contributed by atoms with van der Waals surface area (Å²) in [4.78, 5) is 14.6. The number of hydrogen-bond donors (Lipinski definition) is 1. The summed E-state index contributed by atoms with van der Waals surface area (Å²) >= 11 is 0. The molecule has 1 fully saturated rings. The first kappa shape index (κ1) is 17.7. The molecule has 0 bridgehead atoms. The third kappa shape index (κ3) is 5.83. The Bertz CT molecular complexity index is 528. The summed E-state index contributed by atoms with van der Waals surface area (Å²) in [5.74, 6) is 0.0384. The molecule has 0 aromatic heterocycles. The summed E-state index contributed by atoms with van der Waals surface area (Å²) in [6.07, 6.45) is 8.19. The highest BCUT2D eigenvalue weighted by molar-refractivity contribution is 5.92. The molecule has 1 aromatic carbocycles. The summed E-state index contributed by atoms with van der Waals surface area (Å²) in [5.41, 5.74) is 3.37. The van der Waals surface area contributed by atoms with Gasteiger partial charge >= 0.3 is 0 Å². The molecule has 1 N–H and O–H groups in total. The van der Waals surface area contributed by atoms with E-state index in [4.69, 9.17) is 0 Å². The lowest BCUT2D eigenvalue weighted by molar-refractivity contribution is -0.117. The van der Waals surface area contributed by atoms with Crippen molar-refractivity contribution in [3.63, 3.8) is 0 Å². The summed E-state index contributed by atoms with van der Waals surface area (Å²) in [7, 11) is 0. The second-order valence-corrected chi connectivity index (χ2v) is 6.44. The Morgan fingerprint density at radius 1 is 1.13 bits per heavy atom. The molecule has 1 amide bonds. The number of nitrogens with one attached hydrogen (secondary N) is 1. The SMILES string of the molecule is CCC=C(C)C(=O)NCc1ccccc1CN1CCCCCC1. The second kappa shape index (κ2) is 9.51.